The molecule has 1 aromatic carbocycles. The van der Waals surface area contributed by atoms with Gasteiger partial charge in [-0.2, -0.15) is 31.4 Å². The van der Waals surface area contributed by atoms with Crippen LogP contribution in [0.1, 0.15) is 11.3 Å². The summed E-state index contributed by atoms with van der Waals surface area (Å²) >= 11 is 2.97. The van der Waals surface area contributed by atoms with Crippen LogP contribution in [0.5, 0.6) is 0 Å². The molecule has 0 fully saturated rings. The van der Waals surface area contributed by atoms with Crippen molar-refractivity contribution in [3.8, 4) is 11.1 Å². The van der Waals surface area contributed by atoms with Crippen molar-refractivity contribution in [3.63, 3.8) is 0 Å². The van der Waals surface area contributed by atoms with E-state index in [0.29, 0.717) is 4.68 Å². The minimum atomic E-state index is -4.73. The lowest BCUT2D eigenvalue weighted by molar-refractivity contribution is -0.143. The van der Waals surface area contributed by atoms with Crippen LogP contribution in [-0.2, 0) is 12.4 Å². The number of alkyl halides is 7. The summed E-state index contributed by atoms with van der Waals surface area (Å²) in [6.45, 7) is 3.10. The van der Waals surface area contributed by atoms with Crippen molar-refractivity contribution in [2.75, 3.05) is 5.45 Å². The number of hydrogen-bond acceptors (Lipinski definition) is 2. The molecule has 0 saturated carbocycles. The second-order valence-corrected chi connectivity index (χ2v) is 5.26. The topological polar surface area (TPSA) is 29.6 Å². The van der Waals surface area contributed by atoms with Gasteiger partial charge in [0, 0.05) is 12.3 Å². The van der Waals surface area contributed by atoms with Gasteiger partial charge in [0.25, 0.3) is 0 Å². The minimum Gasteiger partial charge on any atom is -0.255 e. The summed E-state index contributed by atoms with van der Waals surface area (Å²) in [5.74, 6) is 0. The molecule has 0 aliphatic heterocycles. The fraction of sp³-hybridized carbons (Fsp3) is 0.200. The highest BCUT2D eigenvalue weighted by Gasteiger charge is 2.35. The third-order valence-electron chi connectivity index (χ3n) is 3.22. The van der Waals surface area contributed by atoms with Gasteiger partial charge in [0.05, 0.1) is 11.0 Å². The molecular formula is C15H10BrF6N3. The quantitative estimate of drug-likeness (QED) is 0.289. The summed E-state index contributed by atoms with van der Waals surface area (Å²) in [6.07, 6.45) is -9.31. The zero-order chi connectivity index (χ0) is 18.8. The van der Waals surface area contributed by atoms with E-state index in [2.05, 4.69) is 32.7 Å². The highest BCUT2D eigenvalue weighted by Crippen LogP contribution is 2.33. The van der Waals surface area contributed by atoms with Crippen molar-refractivity contribution in [2.24, 2.45) is 10.1 Å². The van der Waals surface area contributed by atoms with Gasteiger partial charge in [-0.05, 0) is 29.8 Å². The van der Waals surface area contributed by atoms with E-state index in [1.165, 1.54) is 12.1 Å². The lowest BCUT2D eigenvalue weighted by Crippen LogP contribution is -2.27. The van der Waals surface area contributed by atoms with Crippen LogP contribution in [0.25, 0.3) is 11.1 Å². The zero-order valence-corrected chi connectivity index (χ0v) is 14.0. The standard InChI is InChI=1S/C15H10BrF6N3/c1-23-25-12(15(20,21)22)6-5-11(13(25)24-8-16)9-3-2-4-10(7-9)14(17,18)19/h2-7H,1,8H2/b24-13-. The molecule has 10 heteroatoms. The van der Waals surface area contributed by atoms with Gasteiger partial charge in [-0.3, -0.25) is 4.99 Å². The number of nitrogens with zero attached hydrogens (tertiary/aromatic N) is 3. The molecule has 1 aromatic heterocycles. The maximum atomic E-state index is 13.1. The van der Waals surface area contributed by atoms with E-state index < -0.39 is 23.6 Å². The third kappa shape index (κ3) is 4.12. The molecule has 0 aliphatic carbocycles. The molecule has 1 heterocycles. The molecule has 0 unspecified atom stereocenters. The van der Waals surface area contributed by atoms with Crippen LogP contribution in [-0.4, -0.2) is 16.8 Å². The van der Waals surface area contributed by atoms with Crippen molar-refractivity contribution in [1.82, 2.24) is 4.68 Å². The molecule has 0 saturated heterocycles. The Balaban J connectivity index is 2.80. The average Bonchev–Trinajstić information content (AvgIpc) is 2.53. The van der Waals surface area contributed by atoms with Crippen LogP contribution in [0, 0.1) is 0 Å². The van der Waals surface area contributed by atoms with Gasteiger partial charge in [-0.25, -0.2) is 4.68 Å². The Morgan fingerprint density at radius 2 is 1.68 bits per heavy atom. The van der Waals surface area contributed by atoms with Gasteiger partial charge in [-0.15, -0.1) is 0 Å². The van der Waals surface area contributed by atoms with Gasteiger partial charge in [0.15, 0.2) is 5.49 Å². The predicted molar refractivity (Wildman–Crippen MR) is 84.2 cm³/mol. The smallest absolute Gasteiger partial charge is 0.255 e. The molecule has 0 amide bonds. The maximum absolute atomic E-state index is 13.1. The van der Waals surface area contributed by atoms with E-state index in [1.807, 2.05) is 0 Å². The fourth-order valence-corrected chi connectivity index (χ4v) is 2.43. The molecule has 0 N–H and O–H groups in total. The summed E-state index contributed by atoms with van der Waals surface area (Å²) in [5.41, 5.74) is -2.28. The molecule has 2 aromatic rings. The van der Waals surface area contributed by atoms with Crippen molar-refractivity contribution < 1.29 is 26.3 Å². The highest BCUT2D eigenvalue weighted by atomic mass is 79.9. The average molecular weight is 426 g/mol. The molecule has 25 heavy (non-hydrogen) atoms. The Labute approximate surface area is 146 Å². The molecule has 2 rings (SSSR count). The predicted octanol–water partition coefficient (Wildman–Crippen LogP) is 4.91. The van der Waals surface area contributed by atoms with Crippen molar-refractivity contribution in [3.05, 3.63) is 53.1 Å². The second-order valence-electron chi connectivity index (χ2n) is 4.76. The van der Waals surface area contributed by atoms with Crippen LogP contribution < -0.4 is 5.49 Å². The first-order valence-electron chi connectivity index (χ1n) is 6.64. The van der Waals surface area contributed by atoms with Gasteiger partial charge in [0.1, 0.15) is 5.69 Å². The summed E-state index contributed by atoms with van der Waals surface area (Å²) in [4.78, 5) is 3.88. The lowest BCUT2D eigenvalue weighted by Gasteiger charge is -2.15. The van der Waals surface area contributed by atoms with Gasteiger partial charge < -0.3 is 0 Å². The van der Waals surface area contributed by atoms with E-state index in [0.717, 1.165) is 24.3 Å². The number of rotatable bonds is 3. The van der Waals surface area contributed by atoms with Crippen LogP contribution in [0.2, 0.25) is 0 Å². The number of benzene rings is 1. The fourth-order valence-electron chi connectivity index (χ4n) is 2.19. The van der Waals surface area contributed by atoms with Crippen LogP contribution in [0.4, 0.5) is 26.3 Å². The lowest BCUT2D eigenvalue weighted by atomic mass is 10.0. The summed E-state index contributed by atoms with van der Waals surface area (Å²) in [7, 11) is 0. The molecule has 0 atom stereocenters. The van der Waals surface area contributed by atoms with Gasteiger partial charge in [0.2, 0.25) is 0 Å². The molecular weight excluding hydrogens is 416 g/mol. The first kappa shape index (κ1) is 19.2. The molecule has 0 bridgehead atoms. The molecule has 0 aliphatic rings. The van der Waals surface area contributed by atoms with Crippen molar-refractivity contribution in [1.29, 1.82) is 0 Å². The molecule has 0 spiro atoms. The largest absolute Gasteiger partial charge is 0.433 e. The Morgan fingerprint density at radius 3 is 2.20 bits per heavy atom. The van der Waals surface area contributed by atoms with Crippen LogP contribution in [0.15, 0.2) is 46.5 Å². The summed E-state index contributed by atoms with van der Waals surface area (Å²) < 4.78 is 78.4. The SMILES string of the molecule is C=Nn1c(C(F)(F)F)ccc(-c2cccc(C(F)(F)F)c2)/c1=N/CBr. The van der Waals surface area contributed by atoms with E-state index in [4.69, 9.17) is 0 Å². The van der Waals surface area contributed by atoms with Crippen LogP contribution >= 0.6 is 15.9 Å². The number of pyridine rings is 1. The third-order valence-corrected chi connectivity index (χ3v) is 3.47. The van der Waals surface area contributed by atoms with Crippen molar-refractivity contribution >= 4 is 22.6 Å². The molecule has 134 valence electrons. The summed E-state index contributed by atoms with van der Waals surface area (Å²) in [5, 5.41) is 3.32. The Kier molecular flexibility index (Phi) is 5.40. The minimum absolute atomic E-state index is 0.0562. The number of halogens is 7. The van der Waals surface area contributed by atoms with Crippen LogP contribution in [0.3, 0.4) is 0 Å². The second kappa shape index (κ2) is 7.03. The van der Waals surface area contributed by atoms with E-state index in [1.54, 1.807) is 0 Å². The van der Waals surface area contributed by atoms with E-state index in [9.17, 15) is 26.3 Å². The molecule has 0 radical (unpaired) electrons. The first-order valence-corrected chi connectivity index (χ1v) is 7.76. The Bertz CT molecular complexity index is 852. The Morgan fingerprint density at radius 1 is 1.00 bits per heavy atom. The number of aromatic nitrogens is 1. The van der Waals surface area contributed by atoms with Gasteiger partial charge in [-0.1, -0.05) is 28.1 Å². The normalized spacial score (nSPS) is 13.2. The Hall–Kier alpha value is -2.10. The number of hydrogen-bond donors (Lipinski definition) is 0. The zero-order valence-electron chi connectivity index (χ0n) is 12.4. The highest BCUT2D eigenvalue weighted by molar-refractivity contribution is 9.09. The van der Waals surface area contributed by atoms with Gasteiger partial charge >= 0.3 is 12.4 Å². The molecule has 3 nitrogen and oxygen atoms in total. The monoisotopic (exact) mass is 425 g/mol. The first-order chi connectivity index (χ1) is 11.6. The summed E-state index contributed by atoms with van der Waals surface area (Å²) in [6, 6.07) is 5.99. The van der Waals surface area contributed by atoms with E-state index >= 15 is 0 Å². The van der Waals surface area contributed by atoms with Crippen molar-refractivity contribution in [2.45, 2.75) is 12.4 Å². The maximum Gasteiger partial charge on any atom is 0.433 e. The van der Waals surface area contributed by atoms with E-state index in [-0.39, 0.29) is 22.1 Å².